The predicted molar refractivity (Wildman–Crippen MR) is 100 cm³/mol. The van der Waals surface area contributed by atoms with Crippen LogP contribution in [0, 0.1) is 0 Å². The first-order chi connectivity index (χ1) is 11.6. The lowest BCUT2D eigenvalue weighted by Crippen LogP contribution is -2.02. The van der Waals surface area contributed by atoms with Crippen molar-refractivity contribution in [2.24, 2.45) is 0 Å². The average molecular weight is 365 g/mol. The molecule has 0 aliphatic carbocycles. The van der Waals surface area contributed by atoms with Gasteiger partial charge in [0.15, 0.2) is 0 Å². The van der Waals surface area contributed by atoms with E-state index in [1.54, 1.807) is 24.3 Å². The first kappa shape index (κ1) is 20.4. The van der Waals surface area contributed by atoms with Crippen molar-refractivity contribution >= 4 is 30.7 Å². The fourth-order valence-electron chi connectivity index (χ4n) is 2.13. The molecule has 2 aromatic rings. The topological polar surface area (TPSA) is 65.0 Å². The Balaban J connectivity index is 0.00000312. The molecule has 0 atom stereocenters. The molecule has 2 aromatic carbocycles. The fourth-order valence-corrected chi connectivity index (χ4v) is 2.13. The van der Waals surface area contributed by atoms with Crippen LogP contribution in [-0.4, -0.2) is 24.5 Å². The van der Waals surface area contributed by atoms with E-state index in [1.165, 1.54) is 0 Å². The maximum absolute atomic E-state index is 10.5. The molecule has 6 heteroatoms. The van der Waals surface area contributed by atoms with Gasteiger partial charge in [-0.1, -0.05) is 24.3 Å². The Morgan fingerprint density at radius 1 is 0.880 bits per heavy atom. The van der Waals surface area contributed by atoms with E-state index >= 15 is 0 Å². The third-order valence-corrected chi connectivity index (χ3v) is 3.08. The van der Waals surface area contributed by atoms with Gasteiger partial charge in [-0.05, 0) is 49.2 Å². The summed E-state index contributed by atoms with van der Waals surface area (Å²) in [7, 11) is 0. The van der Waals surface area contributed by atoms with E-state index < -0.39 is 6.16 Å². The molecule has 0 radical (unpaired) electrons. The summed E-state index contributed by atoms with van der Waals surface area (Å²) in [6, 6.07) is 12.5. The van der Waals surface area contributed by atoms with E-state index in [-0.39, 0.29) is 18.2 Å². The standard InChI is InChI=1S/C19H20O5.ClH/c1-3-22-17-11-15(12-18(13-17)23-4-2)6-5-14-7-9-16(10-8-14)24-19(20)21;/h5-13H,3-4H2,1-2H3,(H,20,21);1H. The van der Waals surface area contributed by atoms with Crippen LogP contribution in [0.2, 0.25) is 0 Å². The Hall–Kier alpha value is -2.66. The second-order valence-corrected chi connectivity index (χ2v) is 4.87. The number of carbonyl (C=O) groups is 1. The third-order valence-electron chi connectivity index (χ3n) is 3.08. The van der Waals surface area contributed by atoms with Crippen LogP contribution < -0.4 is 14.2 Å². The minimum atomic E-state index is -1.32. The number of halogens is 1. The summed E-state index contributed by atoms with van der Waals surface area (Å²) in [6.45, 7) is 5.04. The van der Waals surface area contributed by atoms with Crippen LogP contribution >= 0.6 is 12.4 Å². The highest BCUT2D eigenvalue weighted by Crippen LogP contribution is 2.25. The van der Waals surface area contributed by atoms with Gasteiger partial charge in [-0.3, -0.25) is 0 Å². The molecule has 0 aliphatic rings. The van der Waals surface area contributed by atoms with Gasteiger partial charge in [-0.25, -0.2) is 4.79 Å². The zero-order valence-electron chi connectivity index (χ0n) is 14.1. The number of ether oxygens (including phenoxy) is 3. The molecular formula is C19H21ClO5. The second kappa shape index (κ2) is 10.3. The molecule has 0 spiro atoms. The van der Waals surface area contributed by atoms with E-state index in [1.807, 2.05) is 44.2 Å². The number of benzene rings is 2. The lowest BCUT2D eigenvalue weighted by Gasteiger charge is -2.09. The molecule has 0 aliphatic heterocycles. The second-order valence-electron chi connectivity index (χ2n) is 4.87. The van der Waals surface area contributed by atoms with Crippen molar-refractivity contribution in [1.82, 2.24) is 0 Å². The number of hydrogen-bond acceptors (Lipinski definition) is 4. The normalized spacial score (nSPS) is 10.2. The third kappa shape index (κ3) is 6.77. The molecule has 0 heterocycles. The molecule has 1 N–H and O–H groups in total. The van der Waals surface area contributed by atoms with Crippen LogP contribution in [0.4, 0.5) is 4.79 Å². The van der Waals surface area contributed by atoms with Crippen molar-refractivity contribution in [3.8, 4) is 17.2 Å². The van der Waals surface area contributed by atoms with E-state index in [9.17, 15) is 4.79 Å². The Kier molecular flexibility index (Phi) is 8.36. The first-order valence-electron chi connectivity index (χ1n) is 7.70. The van der Waals surface area contributed by atoms with Crippen molar-refractivity contribution in [2.45, 2.75) is 13.8 Å². The molecule has 0 bridgehead atoms. The van der Waals surface area contributed by atoms with Crippen LogP contribution in [0.15, 0.2) is 42.5 Å². The van der Waals surface area contributed by atoms with E-state index in [0.717, 1.165) is 22.6 Å². The highest BCUT2D eigenvalue weighted by atomic mass is 35.5. The zero-order valence-corrected chi connectivity index (χ0v) is 14.9. The smallest absolute Gasteiger partial charge is 0.494 e. The molecule has 2 rings (SSSR count). The summed E-state index contributed by atoms with van der Waals surface area (Å²) in [5.41, 5.74) is 1.88. The van der Waals surface area contributed by atoms with E-state index in [2.05, 4.69) is 4.74 Å². The van der Waals surface area contributed by atoms with Gasteiger partial charge in [0.05, 0.1) is 13.2 Å². The fraction of sp³-hybridized carbons (Fsp3) is 0.211. The monoisotopic (exact) mass is 364 g/mol. The van der Waals surface area contributed by atoms with Crippen molar-refractivity contribution < 1.29 is 24.1 Å². The summed E-state index contributed by atoms with van der Waals surface area (Å²) in [5.74, 6) is 1.80. The van der Waals surface area contributed by atoms with Gasteiger partial charge in [-0.15, -0.1) is 12.4 Å². The molecule has 0 saturated heterocycles. The Morgan fingerprint density at radius 3 is 1.88 bits per heavy atom. The van der Waals surface area contributed by atoms with Gasteiger partial charge in [0, 0.05) is 6.07 Å². The lowest BCUT2D eigenvalue weighted by atomic mass is 10.1. The number of rotatable bonds is 7. The molecule has 134 valence electrons. The van der Waals surface area contributed by atoms with E-state index in [0.29, 0.717) is 13.2 Å². The van der Waals surface area contributed by atoms with Gasteiger partial charge in [-0.2, -0.15) is 0 Å². The van der Waals surface area contributed by atoms with Crippen molar-refractivity contribution in [3.63, 3.8) is 0 Å². The molecule has 5 nitrogen and oxygen atoms in total. The van der Waals surface area contributed by atoms with Gasteiger partial charge in [0.1, 0.15) is 17.2 Å². The van der Waals surface area contributed by atoms with Crippen LogP contribution in [-0.2, 0) is 0 Å². The Bertz CT molecular complexity index is 686. The largest absolute Gasteiger partial charge is 0.511 e. The van der Waals surface area contributed by atoms with Crippen LogP contribution in [0.1, 0.15) is 25.0 Å². The van der Waals surface area contributed by atoms with Gasteiger partial charge < -0.3 is 19.3 Å². The SMILES string of the molecule is CCOc1cc(C=Cc2ccc(OC(=O)O)cc2)cc(OCC)c1.Cl. The number of hydrogen-bond donors (Lipinski definition) is 1. The maximum atomic E-state index is 10.5. The minimum Gasteiger partial charge on any atom is -0.494 e. The molecule has 0 unspecified atom stereocenters. The number of carboxylic acid groups (broad SMARTS) is 1. The van der Waals surface area contributed by atoms with Crippen molar-refractivity contribution in [1.29, 1.82) is 0 Å². The Labute approximate surface area is 153 Å². The first-order valence-corrected chi connectivity index (χ1v) is 7.70. The van der Waals surface area contributed by atoms with E-state index in [4.69, 9.17) is 14.6 Å². The van der Waals surface area contributed by atoms with Crippen LogP contribution in [0.3, 0.4) is 0 Å². The molecule has 0 aromatic heterocycles. The van der Waals surface area contributed by atoms with Gasteiger partial charge in [0.2, 0.25) is 0 Å². The summed E-state index contributed by atoms with van der Waals surface area (Å²) in [6.07, 6.45) is 2.54. The molecule has 0 fully saturated rings. The minimum absolute atomic E-state index is 0. The molecular weight excluding hydrogens is 344 g/mol. The summed E-state index contributed by atoms with van der Waals surface area (Å²) < 4.78 is 15.7. The highest BCUT2D eigenvalue weighted by molar-refractivity contribution is 5.85. The highest BCUT2D eigenvalue weighted by Gasteiger charge is 2.02. The molecule has 25 heavy (non-hydrogen) atoms. The summed E-state index contributed by atoms with van der Waals surface area (Å²) in [4.78, 5) is 10.5. The van der Waals surface area contributed by atoms with Gasteiger partial charge in [0.25, 0.3) is 0 Å². The molecule has 0 saturated carbocycles. The van der Waals surface area contributed by atoms with Crippen molar-refractivity contribution in [3.05, 3.63) is 53.6 Å². The zero-order chi connectivity index (χ0) is 17.4. The predicted octanol–water partition coefficient (Wildman–Crippen LogP) is 5.13. The Morgan fingerprint density at radius 2 is 1.40 bits per heavy atom. The average Bonchev–Trinajstić information content (AvgIpc) is 2.54. The van der Waals surface area contributed by atoms with Crippen LogP contribution in [0.25, 0.3) is 12.2 Å². The molecule has 0 amide bonds. The maximum Gasteiger partial charge on any atom is 0.511 e. The lowest BCUT2D eigenvalue weighted by molar-refractivity contribution is 0.144. The van der Waals surface area contributed by atoms with Gasteiger partial charge >= 0.3 is 6.16 Å². The quantitative estimate of drug-likeness (QED) is 0.419. The van der Waals surface area contributed by atoms with Crippen LogP contribution in [0.5, 0.6) is 17.2 Å². The summed E-state index contributed by atoms with van der Waals surface area (Å²) in [5, 5.41) is 8.57. The summed E-state index contributed by atoms with van der Waals surface area (Å²) >= 11 is 0. The van der Waals surface area contributed by atoms with Crippen molar-refractivity contribution in [2.75, 3.05) is 13.2 Å².